The molecule has 0 saturated carbocycles. The summed E-state index contributed by atoms with van der Waals surface area (Å²) in [7, 11) is -2.06. The maximum Gasteiger partial charge on any atom is 0.410 e. The minimum absolute atomic E-state index is 0.0289. The van der Waals surface area contributed by atoms with Crippen molar-refractivity contribution in [3.8, 4) is 0 Å². The molecule has 0 N–H and O–H groups in total. The van der Waals surface area contributed by atoms with Crippen molar-refractivity contribution in [1.29, 1.82) is 0 Å². The molecule has 164 valence electrons. The Morgan fingerprint density at radius 2 is 1.86 bits per heavy atom. The van der Waals surface area contributed by atoms with Crippen LogP contribution in [-0.4, -0.2) is 58.8 Å². The van der Waals surface area contributed by atoms with E-state index < -0.39 is 24.9 Å². The third-order valence-electron chi connectivity index (χ3n) is 5.48. The number of rotatable bonds is 4. The van der Waals surface area contributed by atoms with Crippen LogP contribution in [-0.2, 0) is 9.16 Å². The van der Waals surface area contributed by atoms with Gasteiger partial charge in [-0.05, 0) is 45.3 Å². The zero-order chi connectivity index (χ0) is 22.2. The second kappa shape index (κ2) is 8.06. The Balaban J connectivity index is 2.27. The van der Waals surface area contributed by atoms with E-state index >= 15 is 0 Å². The molecule has 29 heavy (non-hydrogen) atoms. The molecule has 0 aromatic carbocycles. The predicted molar refractivity (Wildman–Crippen MR) is 112 cm³/mol. The van der Waals surface area contributed by atoms with Crippen LogP contribution in [0.5, 0.6) is 0 Å². The van der Waals surface area contributed by atoms with E-state index in [9.17, 15) is 14.9 Å². The number of piperidine rings is 1. The number of carbonyl (C=O) groups excluding carboxylic acids is 1. The molecule has 0 bridgehead atoms. The van der Waals surface area contributed by atoms with E-state index in [4.69, 9.17) is 9.16 Å². The van der Waals surface area contributed by atoms with Crippen LogP contribution in [0.1, 0.15) is 54.0 Å². The van der Waals surface area contributed by atoms with Crippen LogP contribution < -0.4 is 0 Å². The first-order valence-electron chi connectivity index (χ1n) is 9.93. The SMILES string of the molecule is CC(C)(C)OC(=O)N1CC(O[Si](C)(C)C(C)(C)C)C[C@@H](n2cc([N+](=O)[O-])cn2)C1. The molecule has 2 atom stereocenters. The van der Waals surface area contributed by atoms with E-state index in [2.05, 4.69) is 39.0 Å². The van der Waals surface area contributed by atoms with Crippen molar-refractivity contribution < 1.29 is 18.9 Å². The number of nitro groups is 1. The molecule has 1 aromatic heterocycles. The lowest BCUT2D eigenvalue weighted by atomic mass is 10.0. The van der Waals surface area contributed by atoms with Gasteiger partial charge in [-0.1, -0.05) is 20.8 Å². The summed E-state index contributed by atoms with van der Waals surface area (Å²) in [6.07, 6.45) is 2.67. The van der Waals surface area contributed by atoms with Gasteiger partial charge in [0.25, 0.3) is 0 Å². The Hall–Kier alpha value is -1.94. The molecular weight excluding hydrogens is 392 g/mol. The van der Waals surface area contributed by atoms with Crippen molar-refractivity contribution in [2.75, 3.05) is 13.1 Å². The molecule has 2 heterocycles. The van der Waals surface area contributed by atoms with Crippen molar-refractivity contribution in [2.24, 2.45) is 0 Å². The maximum atomic E-state index is 12.7. The molecule has 1 aliphatic heterocycles. The Morgan fingerprint density at radius 3 is 2.34 bits per heavy atom. The third kappa shape index (κ3) is 6.02. The molecule has 10 heteroatoms. The number of likely N-dealkylation sites (tertiary alicyclic amines) is 1. The fourth-order valence-corrected chi connectivity index (χ4v) is 4.35. The molecule has 1 fully saturated rings. The first-order chi connectivity index (χ1) is 13.1. The van der Waals surface area contributed by atoms with E-state index in [0.717, 1.165) is 0 Å². The molecule has 1 aromatic rings. The Bertz CT molecular complexity index is 751. The van der Waals surface area contributed by atoms with Crippen LogP contribution in [0.15, 0.2) is 12.4 Å². The summed E-state index contributed by atoms with van der Waals surface area (Å²) in [5.41, 5.74) is -0.675. The smallest absolute Gasteiger partial charge is 0.410 e. The van der Waals surface area contributed by atoms with E-state index in [1.54, 1.807) is 9.58 Å². The van der Waals surface area contributed by atoms with Crippen LogP contribution in [0.25, 0.3) is 0 Å². The Morgan fingerprint density at radius 1 is 1.24 bits per heavy atom. The first-order valence-corrected chi connectivity index (χ1v) is 12.8. The number of nitrogens with zero attached hydrogens (tertiary/aromatic N) is 4. The summed E-state index contributed by atoms with van der Waals surface area (Å²) in [6, 6.07) is -0.222. The zero-order valence-electron chi connectivity index (χ0n) is 18.8. The number of carbonyl (C=O) groups is 1. The van der Waals surface area contributed by atoms with Crippen molar-refractivity contribution in [2.45, 2.75) is 83.8 Å². The van der Waals surface area contributed by atoms with E-state index in [1.165, 1.54) is 12.4 Å². The second-order valence-electron chi connectivity index (χ2n) is 10.2. The van der Waals surface area contributed by atoms with Gasteiger partial charge in [0, 0.05) is 13.1 Å². The third-order valence-corrected chi connectivity index (χ3v) is 10.0. The standard InChI is InChI=1S/C19H34N4O5Si/c1-18(2,3)27-17(24)21-11-14(22-12-15(10-20-22)23(25)26)9-16(13-21)28-29(7,8)19(4,5)6/h10,12,14,16H,9,11,13H2,1-8H3/t14-,16?/m1/s1. The van der Waals surface area contributed by atoms with Gasteiger partial charge in [-0.2, -0.15) is 5.10 Å². The summed E-state index contributed by atoms with van der Waals surface area (Å²) < 4.78 is 13.7. The van der Waals surface area contributed by atoms with Gasteiger partial charge in [-0.25, -0.2) is 4.79 Å². The highest BCUT2D eigenvalue weighted by atomic mass is 28.4. The topological polar surface area (TPSA) is 99.7 Å². The van der Waals surface area contributed by atoms with Gasteiger partial charge in [0.05, 0.1) is 17.1 Å². The largest absolute Gasteiger partial charge is 0.444 e. The lowest BCUT2D eigenvalue weighted by Crippen LogP contribution is -2.53. The zero-order valence-corrected chi connectivity index (χ0v) is 19.8. The van der Waals surface area contributed by atoms with Gasteiger partial charge in [-0.15, -0.1) is 0 Å². The van der Waals surface area contributed by atoms with Gasteiger partial charge in [0.1, 0.15) is 18.0 Å². The maximum absolute atomic E-state index is 12.7. The van der Waals surface area contributed by atoms with Crippen LogP contribution in [0.4, 0.5) is 10.5 Å². The molecule has 0 aliphatic carbocycles. The number of hydrogen-bond acceptors (Lipinski definition) is 6. The Labute approximate surface area is 173 Å². The number of hydrogen-bond donors (Lipinski definition) is 0. The molecule has 0 spiro atoms. The summed E-state index contributed by atoms with van der Waals surface area (Å²) in [5, 5.41) is 15.2. The normalized spacial score (nSPS) is 21.2. The second-order valence-corrected chi connectivity index (χ2v) is 15.0. The van der Waals surface area contributed by atoms with E-state index in [-0.39, 0.29) is 22.9 Å². The summed E-state index contributed by atoms with van der Waals surface area (Å²) in [4.78, 5) is 24.9. The van der Waals surface area contributed by atoms with Crippen LogP contribution in [0.2, 0.25) is 18.1 Å². The molecular formula is C19H34N4O5Si. The highest BCUT2D eigenvalue weighted by Crippen LogP contribution is 2.39. The van der Waals surface area contributed by atoms with Gasteiger partial charge >= 0.3 is 11.8 Å². The van der Waals surface area contributed by atoms with Crippen LogP contribution >= 0.6 is 0 Å². The summed E-state index contributed by atoms with van der Waals surface area (Å²) in [6.45, 7) is 17.1. The van der Waals surface area contributed by atoms with Crippen molar-refractivity contribution in [3.05, 3.63) is 22.5 Å². The molecule has 0 radical (unpaired) electrons. The molecule has 1 saturated heterocycles. The summed E-state index contributed by atoms with van der Waals surface area (Å²) >= 11 is 0. The molecule has 9 nitrogen and oxygen atoms in total. The fourth-order valence-electron chi connectivity index (χ4n) is 3.00. The monoisotopic (exact) mass is 426 g/mol. The lowest BCUT2D eigenvalue weighted by Gasteiger charge is -2.44. The molecule has 2 rings (SSSR count). The average Bonchev–Trinajstić information content (AvgIpc) is 3.01. The molecule has 1 aliphatic rings. The van der Waals surface area contributed by atoms with Gasteiger partial charge in [0.15, 0.2) is 8.32 Å². The quantitative estimate of drug-likeness (QED) is 0.403. The van der Waals surface area contributed by atoms with Crippen molar-refractivity contribution >= 4 is 20.1 Å². The van der Waals surface area contributed by atoms with Crippen molar-refractivity contribution in [1.82, 2.24) is 14.7 Å². The highest BCUT2D eigenvalue weighted by Gasteiger charge is 2.42. The van der Waals surface area contributed by atoms with Gasteiger partial charge in [-0.3, -0.25) is 14.8 Å². The predicted octanol–water partition coefficient (Wildman–Crippen LogP) is 4.36. The van der Waals surface area contributed by atoms with Gasteiger partial charge in [0.2, 0.25) is 0 Å². The Kier molecular flexibility index (Phi) is 6.48. The van der Waals surface area contributed by atoms with Gasteiger partial charge < -0.3 is 14.1 Å². The molecule has 1 unspecified atom stereocenters. The number of amides is 1. The highest BCUT2D eigenvalue weighted by molar-refractivity contribution is 6.74. The first kappa shape index (κ1) is 23.3. The van der Waals surface area contributed by atoms with E-state index in [1.807, 2.05) is 20.8 Å². The number of aromatic nitrogens is 2. The summed E-state index contributed by atoms with van der Waals surface area (Å²) in [5.74, 6) is 0. The van der Waals surface area contributed by atoms with Crippen LogP contribution in [0.3, 0.4) is 0 Å². The minimum Gasteiger partial charge on any atom is -0.444 e. The fraction of sp³-hybridized carbons (Fsp3) is 0.789. The average molecular weight is 427 g/mol. The minimum atomic E-state index is -2.06. The lowest BCUT2D eigenvalue weighted by molar-refractivity contribution is -0.385. The van der Waals surface area contributed by atoms with E-state index in [0.29, 0.717) is 19.5 Å². The van der Waals surface area contributed by atoms with Crippen molar-refractivity contribution in [3.63, 3.8) is 0 Å². The number of ether oxygens (including phenoxy) is 1. The van der Waals surface area contributed by atoms with Crippen LogP contribution in [0, 0.1) is 10.1 Å². The molecule has 1 amide bonds.